The monoisotopic (exact) mass is 405 g/mol. The second-order valence-electron chi connectivity index (χ2n) is 7.92. The Balaban J connectivity index is 1.35. The molecule has 1 atom stereocenters. The van der Waals surface area contributed by atoms with E-state index in [9.17, 15) is 0 Å². The lowest BCUT2D eigenvalue weighted by Gasteiger charge is -2.41. The predicted molar refractivity (Wildman–Crippen MR) is 120 cm³/mol. The molecule has 2 aromatic carbocycles. The average Bonchev–Trinajstić information content (AvgIpc) is 3.18. The molecule has 1 unspecified atom stereocenters. The van der Waals surface area contributed by atoms with Gasteiger partial charge in [-0.2, -0.15) is 0 Å². The Labute approximate surface area is 179 Å². The first kappa shape index (κ1) is 20.6. The lowest BCUT2D eigenvalue weighted by Crippen LogP contribution is -2.52. The van der Waals surface area contributed by atoms with Crippen LogP contribution in [0.3, 0.4) is 0 Å². The molecule has 6 heteroatoms. The molecule has 0 spiro atoms. The summed E-state index contributed by atoms with van der Waals surface area (Å²) in [5, 5.41) is 8.84. The number of hydrogen-bond donors (Lipinski definition) is 0. The van der Waals surface area contributed by atoms with Crippen molar-refractivity contribution < 1.29 is 4.74 Å². The molecule has 6 nitrogen and oxygen atoms in total. The van der Waals surface area contributed by atoms with Crippen LogP contribution in [-0.2, 0) is 17.8 Å². The van der Waals surface area contributed by atoms with Gasteiger partial charge < -0.3 is 9.64 Å². The summed E-state index contributed by atoms with van der Waals surface area (Å²) in [6.45, 7) is 7.12. The van der Waals surface area contributed by atoms with Crippen LogP contribution in [0.4, 0.5) is 5.69 Å². The number of aromatic nitrogens is 3. The number of ether oxygens (including phenoxy) is 1. The summed E-state index contributed by atoms with van der Waals surface area (Å²) in [4.78, 5) is 5.09. The molecular formula is C24H31N5O. The number of hydrogen-bond acceptors (Lipinski definition) is 5. The zero-order valence-corrected chi connectivity index (χ0v) is 17.9. The van der Waals surface area contributed by atoms with E-state index in [0.717, 1.165) is 56.4 Å². The maximum Gasteiger partial charge on any atom is 0.163 e. The van der Waals surface area contributed by atoms with Crippen molar-refractivity contribution in [1.82, 2.24) is 19.7 Å². The topological polar surface area (TPSA) is 46.4 Å². The van der Waals surface area contributed by atoms with E-state index in [2.05, 4.69) is 74.0 Å². The van der Waals surface area contributed by atoms with Gasteiger partial charge in [0.25, 0.3) is 0 Å². The summed E-state index contributed by atoms with van der Waals surface area (Å²) >= 11 is 0. The Morgan fingerprint density at radius 2 is 1.57 bits per heavy atom. The van der Waals surface area contributed by atoms with Crippen LogP contribution in [0.25, 0.3) is 5.69 Å². The number of benzene rings is 2. The second kappa shape index (κ2) is 9.87. The first-order valence-electron chi connectivity index (χ1n) is 10.8. The number of rotatable bonds is 8. The first-order valence-corrected chi connectivity index (χ1v) is 10.8. The van der Waals surface area contributed by atoms with Crippen LogP contribution < -0.4 is 4.90 Å². The van der Waals surface area contributed by atoms with Crippen molar-refractivity contribution in [1.29, 1.82) is 0 Å². The zero-order chi connectivity index (χ0) is 20.8. The van der Waals surface area contributed by atoms with Crippen molar-refractivity contribution in [3.63, 3.8) is 0 Å². The molecule has 0 saturated carbocycles. The standard InChI is InChI=1S/C24H31N5O/c1-20-18-27(16-17-28(20)21-10-5-3-6-11-21)15-9-14-23-25-26-24(19-30-2)29(23)22-12-7-4-8-13-22/h3-8,10-13,20H,9,14-19H2,1-2H3. The smallest absolute Gasteiger partial charge is 0.163 e. The highest BCUT2D eigenvalue weighted by molar-refractivity contribution is 5.47. The van der Waals surface area contributed by atoms with E-state index in [1.165, 1.54) is 5.69 Å². The summed E-state index contributed by atoms with van der Waals surface area (Å²) in [5.74, 6) is 1.85. The molecule has 1 fully saturated rings. The van der Waals surface area contributed by atoms with Crippen molar-refractivity contribution in [2.45, 2.75) is 32.4 Å². The number of methoxy groups -OCH3 is 1. The molecule has 0 N–H and O–H groups in total. The van der Waals surface area contributed by atoms with Crippen LogP contribution in [0.5, 0.6) is 0 Å². The fraction of sp³-hybridized carbons (Fsp3) is 0.417. The van der Waals surface area contributed by atoms with E-state index in [-0.39, 0.29) is 0 Å². The predicted octanol–water partition coefficient (Wildman–Crippen LogP) is 3.56. The Hall–Kier alpha value is -2.70. The van der Waals surface area contributed by atoms with Gasteiger partial charge in [-0.15, -0.1) is 10.2 Å². The summed E-state index contributed by atoms with van der Waals surface area (Å²) in [7, 11) is 1.69. The normalized spacial score (nSPS) is 17.4. The minimum Gasteiger partial charge on any atom is -0.377 e. The Bertz CT molecular complexity index is 912. The third-order valence-electron chi connectivity index (χ3n) is 5.76. The first-order chi connectivity index (χ1) is 14.8. The molecular weight excluding hydrogens is 374 g/mol. The Morgan fingerprint density at radius 3 is 2.23 bits per heavy atom. The lowest BCUT2D eigenvalue weighted by molar-refractivity contribution is 0.176. The van der Waals surface area contributed by atoms with Crippen molar-refractivity contribution in [2.75, 3.05) is 38.2 Å². The van der Waals surface area contributed by atoms with E-state index in [0.29, 0.717) is 12.6 Å². The number of nitrogens with zero attached hydrogens (tertiary/aromatic N) is 5. The molecule has 0 amide bonds. The van der Waals surface area contributed by atoms with Crippen molar-refractivity contribution in [3.05, 3.63) is 72.3 Å². The van der Waals surface area contributed by atoms with Crippen LogP contribution in [-0.4, -0.2) is 59.0 Å². The summed E-state index contributed by atoms with van der Waals surface area (Å²) in [5.41, 5.74) is 2.42. The van der Waals surface area contributed by atoms with Crippen LogP contribution in [0, 0.1) is 0 Å². The van der Waals surface area contributed by atoms with E-state index >= 15 is 0 Å². The molecule has 158 valence electrons. The van der Waals surface area contributed by atoms with Gasteiger partial charge in [0.2, 0.25) is 0 Å². The molecule has 4 rings (SSSR count). The molecule has 0 bridgehead atoms. The van der Waals surface area contributed by atoms with E-state index in [1.54, 1.807) is 7.11 Å². The largest absolute Gasteiger partial charge is 0.377 e. The van der Waals surface area contributed by atoms with E-state index < -0.39 is 0 Å². The van der Waals surface area contributed by atoms with Gasteiger partial charge in [-0.05, 0) is 44.2 Å². The van der Waals surface area contributed by atoms with E-state index in [4.69, 9.17) is 4.74 Å². The molecule has 0 aliphatic carbocycles. The minimum atomic E-state index is 0.459. The van der Waals surface area contributed by atoms with Gasteiger partial charge in [0.1, 0.15) is 12.4 Å². The Morgan fingerprint density at radius 1 is 0.900 bits per heavy atom. The van der Waals surface area contributed by atoms with E-state index in [1.807, 2.05) is 18.2 Å². The minimum absolute atomic E-state index is 0.459. The quantitative estimate of drug-likeness (QED) is 0.573. The molecule has 1 saturated heterocycles. The van der Waals surface area contributed by atoms with Crippen molar-refractivity contribution in [3.8, 4) is 5.69 Å². The molecule has 1 aromatic heterocycles. The summed E-state index contributed by atoms with van der Waals surface area (Å²) in [6, 6.07) is 21.6. The maximum absolute atomic E-state index is 5.33. The van der Waals surface area contributed by atoms with Gasteiger partial charge in [-0.1, -0.05) is 36.4 Å². The molecule has 3 aromatic rings. The van der Waals surface area contributed by atoms with Gasteiger partial charge in [-0.25, -0.2) is 0 Å². The number of aryl methyl sites for hydroxylation is 1. The highest BCUT2D eigenvalue weighted by Gasteiger charge is 2.23. The molecule has 2 heterocycles. The highest BCUT2D eigenvalue weighted by atomic mass is 16.5. The van der Waals surface area contributed by atoms with Crippen LogP contribution in [0.1, 0.15) is 25.0 Å². The lowest BCUT2D eigenvalue weighted by atomic mass is 10.1. The average molecular weight is 406 g/mol. The third-order valence-corrected chi connectivity index (χ3v) is 5.76. The van der Waals surface area contributed by atoms with Crippen LogP contribution in [0.2, 0.25) is 0 Å². The Kier molecular flexibility index (Phi) is 6.77. The summed E-state index contributed by atoms with van der Waals surface area (Å²) < 4.78 is 7.46. The number of para-hydroxylation sites is 2. The molecule has 0 radical (unpaired) electrons. The fourth-order valence-corrected chi connectivity index (χ4v) is 4.31. The third kappa shape index (κ3) is 4.71. The van der Waals surface area contributed by atoms with Crippen LogP contribution in [0.15, 0.2) is 60.7 Å². The van der Waals surface area contributed by atoms with Gasteiger partial charge >= 0.3 is 0 Å². The fourth-order valence-electron chi connectivity index (χ4n) is 4.31. The molecule has 30 heavy (non-hydrogen) atoms. The van der Waals surface area contributed by atoms with Gasteiger partial charge in [-0.3, -0.25) is 9.47 Å². The van der Waals surface area contributed by atoms with Gasteiger partial charge in [0.05, 0.1) is 0 Å². The molecule has 1 aliphatic heterocycles. The van der Waals surface area contributed by atoms with Crippen LogP contribution >= 0.6 is 0 Å². The second-order valence-corrected chi connectivity index (χ2v) is 7.92. The van der Waals surface area contributed by atoms with Crippen molar-refractivity contribution >= 4 is 5.69 Å². The van der Waals surface area contributed by atoms with Crippen molar-refractivity contribution in [2.24, 2.45) is 0 Å². The zero-order valence-electron chi connectivity index (χ0n) is 17.9. The highest BCUT2D eigenvalue weighted by Crippen LogP contribution is 2.21. The van der Waals surface area contributed by atoms with Gasteiger partial charge in [0.15, 0.2) is 5.82 Å². The molecule has 1 aliphatic rings. The number of piperazine rings is 1. The maximum atomic E-state index is 5.33. The summed E-state index contributed by atoms with van der Waals surface area (Å²) in [6.07, 6.45) is 1.97. The van der Waals surface area contributed by atoms with Gasteiger partial charge in [0, 0.05) is 50.6 Å². The number of anilines is 1. The SMILES string of the molecule is COCc1nnc(CCCN2CCN(c3ccccc3)C(C)C2)n1-c1ccccc1.